The fraction of sp³-hybridized carbons (Fsp3) is 0.615. The van der Waals surface area contributed by atoms with Crippen molar-refractivity contribution in [3.63, 3.8) is 0 Å². The lowest BCUT2D eigenvalue weighted by atomic mass is 10.0. The van der Waals surface area contributed by atoms with E-state index in [9.17, 15) is 4.79 Å². The molecule has 6 heteroatoms. The number of amides is 1. The van der Waals surface area contributed by atoms with Crippen LogP contribution in [0.25, 0.3) is 0 Å². The summed E-state index contributed by atoms with van der Waals surface area (Å²) in [7, 11) is 0. The number of aromatic nitrogens is 2. The van der Waals surface area contributed by atoms with Gasteiger partial charge in [-0.25, -0.2) is 9.97 Å². The summed E-state index contributed by atoms with van der Waals surface area (Å²) in [5.41, 5.74) is 5.52. The van der Waals surface area contributed by atoms with Crippen molar-refractivity contribution < 1.29 is 4.79 Å². The van der Waals surface area contributed by atoms with Gasteiger partial charge < -0.3 is 16.4 Å². The molecule has 0 saturated carbocycles. The lowest BCUT2D eigenvalue weighted by Gasteiger charge is -2.25. The highest BCUT2D eigenvalue weighted by Gasteiger charge is 2.26. The zero-order valence-electron chi connectivity index (χ0n) is 12.1. The third-order valence-corrected chi connectivity index (χ3v) is 2.84. The Labute approximate surface area is 114 Å². The molecule has 0 bridgehead atoms. The molecule has 1 aromatic rings. The average molecular weight is 265 g/mol. The van der Waals surface area contributed by atoms with Crippen LogP contribution in [0.2, 0.25) is 0 Å². The van der Waals surface area contributed by atoms with Crippen LogP contribution in [-0.4, -0.2) is 28.0 Å². The molecule has 0 atom stereocenters. The van der Waals surface area contributed by atoms with Crippen LogP contribution < -0.4 is 16.4 Å². The van der Waals surface area contributed by atoms with E-state index in [1.165, 1.54) is 6.33 Å². The number of rotatable bonds is 7. The maximum absolute atomic E-state index is 11.4. The highest BCUT2D eigenvalue weighted by Crippen LogP contribution is 2.24. The Balaban J connectivity index is 3.12. The minimum absolute atomic E-state index is 0.418. The monoisotopic (exact) mass is 265 g/mol. The first kappa shape index (κ1) is 15.2. The Morgan fingerprint density at radius 1 is 1.32 bits per heavy atom. The van der Waals surface area contributed by atoms with Gasteiger partial charge in [0.2, 0.25) is 5.91 Å². The molecule has 0 unspecified atom stereocenters. The molecule has 106 valence electrons. The number of hydrogen-bond acceptors (Lipinski definition) is 5. The maximum atomic E-state index is 11.4. The van der Waals surface area contributed by atoms with Gasteiger partial charge in [0.05, 0.1) is 0 Å². The van der Waals surface area contributed by atoms with Crippen molar-refractivity contribution in [2.75, 3.05) is 17.2 Å². The number of anilines is 2. The van der Waals surface area contributed by atoms with E-state index in [1.54, 1.807) is 13.8 Å². The van der Waals surface area contributed by atoms with Gasteiger partial charge in [0.15, 0.2) is 0 Å². The fourth-order valence-corrected chi connectivity index (χ4v) is 1.68. The van der Waals surface area contributed by atoms with Gasteiger partial charge in [-0.05, 0) is 27.2 Å². The molecule has 19 heavy (non-hydrogen) atoms. The summed E-state index contributed by atoms with van der Waals surface area (Å²) in [6, 6.07) is 0. The van der Waals surface area contributed by atoms with Crippen molar-refractivity contribution in [3.05, 3.63) is 11.9 Å². The number of primary amides is 1. The molecule has 6 nitrogen and oxygen atoms in total. The molecule has 1 heterocycles. The first-order valence-corrected chi connectivity index (χ1v) is 6.58. The fourth-order valence-electron chi connectivity index (χ4n) is 1.68. The zero-order chi connectivity index (χ0) is 14.5. The van der Waals surface area contributed by atoms with Crippen molar-refractivity contribution in [2.45, 2.75) is 46.1 Å². The number of nitrogens with one attached hydrogen (secondary N) is 2. The summed E-state index contributed by atoms with van der Waals surface area (Å²) in [6.07, 6.45) is 3.29. The Morgan fingerprint density at radius 3 is 2.47 bits per heavy atom. The molecular weight excluding hydrogens is 242 g/mol. The van der Waals surface area contributed by atoms with Gasteiger partial charge in [0.25, 0.3) is 0 Å². The quantitative estimate of drug-likeness (QED) is 0.695. The largest absolute Gasteiger partial charge is 0.370 e. The Hall–Kier alpha value is -1.85. The molecule has 0 aliphatic rings. The van der Waals surface area contributed by atoms with E-state index < -0.39 is 11.4 Å². The predicted molar refractivity (Wildman–Crippen MR) is 77.1 cm³/mol. The SMILES string of the molecule is CCCc1c(NCC)ncnc1NC(C)(C)C(N)=O. The molecule has 1 amide bonds. The summed E-state index contributed by atoms with van der Waals surface area (Å²) in [5.74, 6) is 1.05. The number of carbonyl (C=O) groups excluding carboxylic acids is 1. The summed E-state index contributed by atoms with van der Waals surface area (Å²) < 4.78 is 0. The van der Waals surface area contributed by atoms with Crippen LogP contribution in [-0.2, 0) is 11.2 Å². The smallest absolute Gasteiger partial charge is 0.242 e. The number of hydrogen-bond donors (Lipinski definition) is 3. The van der Waals surface area contributed by atoms with E-state index >= 15 is 0 Å². The molecule has 0 spiro atoms. The van der Waals surface area contributed by atoms with Gasteiger partial charge in [0.1, 0.15) is 23.5 Å². The van der Waals surface area contributed by atoms with Crippen LogP contribution in [0, 0.1) is 0 Å². The Bertz CT molecular complexity index is 445. The topological polar surface area (TPSA) is 92.9 Å². The van der Waals surface area contributed by atoms with E-state index in [-0.39, 0.29) is 0 Å². The van der Waals surface area contributed by atoms with Crippen LogP contribution in [0.1, 0.15) is 39.7 Å². The number of carbonyl (C=O) groups is 1. The molecule has 0 aliphatic heterocycles. The maximum Gasteiger partial charge on any atom is 0.242 e. The average Bonchev–Trinajstić information content (AvgIpc) is 2.33. The molecular formula is C13H23N5O. The standard InChI is InChI=1S/C13H23N5O/c1-5-7-9-10(15-6-2)16-8-17-11(9)18-13(3,4)12(14)19/h8H,5-7H2,1-4H3,(H2,14,19)(H2,15,16,17,18). The Morgan fingerprint density at radius 2 is 1.95 bits per heavy atom. The third kappa shape index (κ3) is 3.81. The van der Waals surface area contributed by atoms with Gasteiger partial charge in [-0.2, -0.15) is 0 Å². The van der Waals surface area contributed by atoms with Gasteiger partial charge >= 0.3 is 0 Å². The second-order valence-corrected chi connectivity index (χ2v) is 4.94. The highest BCUT2D eigenvalue weighted by atomic mass is 16.1. The molecule has 0 aliphatic carbocycles. The first-order chi connectivity index (χ1) is 8.92. The number of nitrogens with zero attached hydrogens (tertiary/aromatic N) is 2. The van der Waals surface area contributed by atoms with Gasteiger partial charge in [-0.3, -0.25) is 4.79 Å². The molecule has 0 fully saturated rings. The number of nitrogens with two attached hydrogens (primary N) is 1. The summed E-state index contributed by atoms with van der Waals surface area (Å²) in [6.45, 7) is 8.36. The summed E-state index contributed by atoms with van der Waals surface area (Å²) in [5, 5.41) is 6.31. The lowest BCUT2D eigenvalue weighted by Crippen LogP contribution is -2.45. The minimum Gasteiger partial charge on any atom is -0.370 e. The molecule has 0 saturated heterocycles. The second-order valence-electron chi connectivity index (χ2n) is 4.94. The van der Waals surface area contributed by atoms with Gasteiger partial charge in [0, 0.05) is 12.1 Å². The van der Waals surface area contributed by atoms with Crippen molar-refractivity contribution in [2.24, 2.45) is 5.73 Å². The third-order valence-electron chi connectivity index (χ3n) is 2.84. The van der Waals surface area contributed by atoms with E-state index in [1.807, 2.05) is 6.92 Å². The van der Waals surface area contributed by atoms with Crippen LogP contribution in [0.4, 0.5) is 11.6 Å². The van der Waals surface area contributed by atoms with Crippen LogP contribution in [0.15, 0.2) is 6.33 Å². The highest BCUT2D eigenvalue weighted by molar-refractivity contribution is 5.87. The van der Waals surface area contributed by atoms with E-state index in [0.717, 1.165) is 30.8 Å². The van der Waals surface area contributed by atoms with Crippen molar-refractivity contribution in [1.82, 2.24) is 9.97 Å². The normalized spacial score (nSPS) is 11.2. The van der Waals surface area contributed by atoms with Crippen LogP contribution >= 0.6 is 0 Å². The molecule has 0 aromatic carbocycles. The van der Waals surface area contributed by atoms with Gasteiger partial charge in [-0.15, -0.1) is 0 Å². The lowest BCUT2D eigenvalue weighted by molar-refractivity contribution is -0.121. The second kappa shape index (κ2) is 6.36. The Kier molecular flexibility index (Phi) is 5.09. The van der Waals surface area contributed by atoms with Gasteiger partial charge in [-0.1, -0.05) is 13.3 Å². The molecule has 4 N–H and O–H groups in total. The van der Waals surface area contributed by atoms with Crippen molar-refractivity contribution in [1.29, 1.82) is 0 Å². The van der Waals surface area contributed by atoms with E-state index in [4.69, 9.17) is 5.73 Å². The van der Waals surface area contributed by atoms with E-state index in [0.29, 0.717) is 5.82 Å². The van der Waals surface area contributed by atoms with Crippen molar-refractivity contribution in [3.8, 4) is 0 Å². The zero-order valence-corrected chi connectivity index (χ0v) is 12.1. The van der Waals surface area contributed by atoms with Crippen LogP contribution in [0.5, 0.6) is 0 Å². The molecule has 1 aromatic heterocycles. The first-order valence-electron chi connectivity index (χ1n) is 6.58. The summed E-state index contributed by atoms with van der Waals surface area (Å²) >= 11 is 0. The van der Waals surface area contributed by atoms with Crippen molar-refractivity contribution >= 4 is 17.5 Å². The van der Waals surface area contributed by atoms with E-state index in [2.05, 4.69) is 27.5 Å². The minimum atomic E-state index is -0.847. The molecule has 0 radical (unpaired) electrons. The van der Waals surface area contributed by atoms with Crippen LogP contribution in [0.3, 0.4) is 0 Å². The molecule has 1 rings (SSSR count). The summed E-state index contributed by atoms with van der Waals surface area (Å²) in [4.78, 5) is 19.9. The predicted octanol–water partition coefficient (Wildman–Crippen LogP) is 1.54.